The number of nitro benzene ring substituents is 1. The molecule has 6 nitrogen and oxygen atoms in total. The number of aryl methyl sites for hydroxylation is 1. The molecule has 0 unspecified atom stereocenters. The lowest BCUT2D eigenvalue weighted by Crippen LogP contribution is -2.15. The molecule has 0 radical (unpaired) electrons. The van der Waals surface area contributed by atoms with Gasteiger partial charge < -0.3 is 9.88 Å². The van der Waals surface area contributed by atoms with Crippen molar-refractivity contribution in [3.63, 3.8) is 0 Å². The lowest BCUT2D eigenvalue weighted by Gasteiger charge is -2.05. The zero-order valence-electron chi connectivity index (χ0n) is 9.96. The van der Waals surface area contributed by atoms with Gasteiger partial charge in [-0.2, -0.15) is 0 Å². The predicted molar refractivity (Wildman–Crippen MR) is 74.2 cm³/mol. The molecule has 2 aromatic rings. The van der Waals surface area contributed by atoms with Crippen molar-refractivity contribution in [2.45, 2.75) is 0 Å². The number of carbonyl (C=O) groups is 1. The number of nitrogens with one attached hydrogen (secondary N) is 1. The van der Waals surface area contributed by atoms with Crippen molar-refractivity contribution >= 4 is 33.2 Å². The average molecular weight is 324 g/mol. The first-order chi connectivity index (χ1) is 8.97. The summed E-state index contributed by atoms with van der Waals surface area (Å²) < 4.78 is 2.49. The molecule has 0 saturated heterocycles. The first-order valence-corrected chi connectivity index (χ1v) is 6.14. The van der Waals surface area contributed by atoms with E-state index in [2.05, 4.69) is 21.2 Å². The number of benzene rings is 1. The van der Waals surface area contributed by atoms with Gasteiger partial charge in [0.1, 0.15) is 5.69 Å². The number of non-ortho nitro benzene ring substituents is 1. The molecule has 0 aliphatic rings. The van der Waals surface area contributed by atoms with Crippen molar-refractivity contribution in [1.82, 2.24) is 4.57 Å². The Morgan fingerprint density at radius 2 is 2.00 bits per heavy atom. The van der Waals surface area contributed by atoms with Crippen LogP contribution in [0.25, 0.3) is 0 Å². The first-order valence-electron chi connectivity index (χ1n) is 5.35. The van der Waals surface area contributed by atoms with Crippen molar-refractivity contribution in [2.75, 3.05) is 5.32 Å². The van der Waals surface area contributed by atoms with E-state index in [1.807, 2.05) is 0 Å². The van der Waals surface area contributed by atoms with E-state index in [9.17, 15) is 14.9 Å². The molecule has 0 aliphatic carbocycles. The van der Waals surface area contributed by atoms with Gasteiger partial charge in [0, 0.05) is 35.5 Å². The van der Waals surface area contributed by atoms with Gasteiger partial charge in [0.25, 0.3) is 11.6 Å². The van der Waals surface area contributed by atoms with E-state index in [1.165, 1.54) is 24.3 Å². The third-order valence-electron chi connectivity index (χ3n) is 2.54. The maximum Gasteiger partial charge on any atom is 0.272 e. The van der Waals surface area contributed by atoms with Crippen LogP contribution in [0.1, 0.15) is 10.5 Å². The zero-order valence-corrected chi connectivity index (χ0v) is 11.5. The molecule has 98 valence electrons. The number of nitro groups is 1. The van der Waals surface area contributed by atoms with Crippen LogP contribution in [0.4, 0.5) is 11.4 Å². The van der Waals surface area contributed by atoms with Crippen molar-refractivity contribution in [1.29, 1.82) is 0 Å². The number of anilines is 1. The molecule has 2 rings (SSSR count). The van der Waals surface area contributed by atoms with E-state index in [1.54, 1.807) is 23.9 Å². The lowest BCUT2D eigenvalue weighted by atomic mass is 10.2. The minimum Gasteiger partial charge on any atom is -0.345 e. The van der Waals surface area contributed by atoms with Crippen molar-refractivity contribution in [3.8, 4) is 0 Å². The van der Waals surface area contributed by atoms with E-state index < -0.39 is 4.92 Å². The molecule has 0 spiro atoms. The second kappa shape index (κ2) is 5.23. The van der Waals surface area contributed by atoms with E-state index >= 15 is 0 Å². The van der Waals surface area contributed by atoms with Gasteiger partial charge >= 0.3 is 0 Å². The van der Waals surface area contributed by atoms with Gasteiger partial charge in [-0.15, -0.1) is 0 Å². The predicted octanol–water partition coefficient (Wildman–Crippen LogP) is 2.95. The number of aromatic nitrogens is 1. The fourth-order valence-corrected chi connectivity index (χ4v) is 2.14. The summed E-state index contributed by atoms with van der Waals surface area (Å²) in [4.78, 5) is 22.0. The molecule has 1 aromatic carbocycles. The van der Waals surface area contributed by atoms with Crippen LogP contribution >= 0.6 is 15.9 Å². The Labute approximate surface area is 117 Å². The molecule has 1 N–H and O–H groups in total. The van der Waals surface area contributed by atoms with Crippen LogP contribution in [0.15, 0.2) is 41.0 Å². The Kier molecular flexibility index (Phi) is 3.66. The minimum atomic E-state index is -0.486. The van der Waals surface area contributed by atoms with Gasteiger partial charge in [0.2, 0.25) is 0 Å². The van der Waals surface area contributed by atoms with Gasteiger partial charge in [-0.05, 0) is 34.1 Å². The van der Waals surface area contributed by atoms with Crippen molar-refractivity contribution in [2.24, 2.45) is 7.05 Å². The third-order valence-corrected chi connectivity index (χ3v) is 2.97. The molecule has 19 heavy (non-hydrogen) atoms. The van der Waals surface area contributed by atoms with E-state index in [4.69, 9.17) is 0 Å². The summed E-state index contributed by atoms with van der Waals surface area (Å²) in [5, 5.41) is 13.2. The summed E-state index contributed by atoms with van der Waals surface area (Å²) in [5.41, 5.74) is 0.984. The Bertz CT molecular complexity index is 634. The molecule has 0 atom stereocenters. The first kappa shape index (κ1) is 13.3. The van der Waals surface area contributed by atoms with Crippen molar-refractivity contribution < 1.29 is 9.72 Å². The van der Waals surface area contributed by atoms with Crippen molar-refractivity contribution in [3.05, 3.63) is 56.8 Å². The summed E-state index contributed by atoms with van der Waals surface area (Å²) in [6.45, 7) is 0. The maximum atomic E-state index is 12.0. The Morgan fingerprint density at radius 1 is 1.37 bits per heavy atom. The van der Waals surface area contributed by atoms with Gasteiger partial charge in [-0.25, -0.2) is 0 Å². The number of rotatable bonds is 3. The summed E-state index contributed by atoms with van der Waals surface area (Å²) in [6.07, 6.45) is 1.77. The summed E-state index contributed by atoms with van der Waals surface area (Å²) in [6, 6.07) is 7.37. The monoisotopic (exact) mass is 323 g/mol. The van der Waals surface area contributed by atoms with Crippen LogP contribution in [0.3, 0.4) is 0 Å². The molecule has 0 bridgehead atoms. The fraction of sp³-hybridized carbons (Fsp3) is 0.0833. The highest BCUT2D eigenvalue weighted by Gasteiger charge is 2.12. The van der Waals surface area contributed by atoms with Crippen LogP contribution in [0.5, 0.6) is 0 Å². The molecule has 0 saturated carbocycles. The smallest absolute Gasteiger partial charge is 0.272 e. The summed E-state index contributed by atoms with van der Waals surface area (Å²) in [5.74, 6) is -0.276. The highest BCUT2D eigenvalue weighted by molar-refractivity contribution is 9.10. The third kappa shape index (κ3) is 3.00. The lowest BCUT2D eigenvalue weighted by molar-refractivity contribution is -0.384. The topological polar surface area (TPSA) is 77.2 Å². The fourth-order valence-electron chi connectivity index (χ4n) is 1.61. The SMILES string of the molecule is Cn1cc(Br)cc1C(=O)Nc1ccc([N+](=O)[O-])cc1. The van der Waals surface area contributed by atoms with Gasteiger partial charge in [-0.1, -0.05) is 0 Å². The van der Waals surface area contributed by atoms with Crippen LogP contribution in [-0.4, -0.2) is 15.4 Å². The van der Waals surface area contributed by atoms with Crippen LogP contribution in [0, 0.1) is 10.1 Å². The highest BCUT2D eigenvalue weighted by atomic mass is 79.9. The molecular weight excluding hydrogens is 314 g/mol. The Balaban J connectivity index is 2.15. The number of halogens is 1. The quantitative estimate of drug-likeness (QED) is 0.696. The summed E-state index contributed by atoms with van der Waals surface area (Å²) >= 11 is 3.29. The second-order valence-corrected chi connectivity index (χ2v) is 4.83. The van der Waals surface area contributed by atoms with Crippen LogP contribution < -0.4 is 5.32 Å². The number of nitrogens with zero attached hydrogens (tertiary/aromatic N) is 2. The van der Waals surface area contributed by atoms with Crippen LogP contribution in [0.2, 0.25) is 0 Å². The van der Waals surface area contributed by atoms with Gasteiger partial charge in [0.05, 0.1) is 4.92 Å². The number of amides is 1. The van der Waals surface area contributed by atoms with E-state index in [0.717, 1.165) is 4.47 Å². The second-order valence-electron chi connectivity index (χ2n) is 3.91. The molecule has 0 aliphatic heterocycles. The van der Waals surface area contributed by atoms with E-state index in [-0.39, 0.29) is 11.6 Å². The largest absolute Gasteiger partial charge is 0.345 e. The average Bonchev–Trinajstić information content (AvgIpc) is 2.69. The molecule has 1 aromatic heterocycles. The standard InChI is InChI=1S/C12H10BrN3O3/c1-15-7-8(13)6-11(15)12(17)14-9-2-4-10(5-3-9)16(18)19/h2-7H,1H3,(H,14,17). The molecule has 0 fully saturated rings. The molecule has 7 heteroatoms. The van der Waals surface area contributed by atoms with Gasteiger partial charge in [0.15, 0.2) is 0 Å². The zero-order chi connectivity index (χ0) is 14.0. The van der Waals surface area contributed by atoms with Gasteiger partial charge in [-0.3, -0.25) is 14.9 Å². The number of hydrogen-bond donors (Lipinski definition) is 1. The van der Waals surface area contributed by atoms with E-state index in [0.29, 0.717) is 11.4 Å². The number of carbonyl (C=O) groups excluding carboxylic acids is 1. The highest BCUT2D eigenvalue weighted by Crippen LogP contribution is 2.18. The normalized spacial score (nSPS) is 10.2. The molecular formula is C12H10BrN3O3. The Morgan fingerprint density at radius 3 is 2.47 bits per heavy atom. The van der Waals surface area contributed by atoms with Crippen LogP contribution in [-0.2, 0) is 7.05 Å². The summed E-state index contributed by atoms with van der Waals surface area (Å²) in [7, 11) is 1.76. The molecule has 1 amide bonds. The minimum absolute atomic E-state index is 0.0142. The Hall–Kier alpha value is -2.15. The maximum absolute atomic E-state index is 12.0. The number of hydrogen-bond acceptors (Lipinski definition) is 3. The molecule has 1 heterocycles.